The Morgan fingerprint density at radius 1 is 1.23 bits per heavy atom. The number of amides is 1. The zero-order chi connectivity index (χ0) is 18.3. The maximum Gasteiger partial charge on any atom is 0.251 e. The average Bonchev–Trinajstić information content (AvgIpc) is 3.17. The fraction of sp³-hybridized carbons (Fsp3) is 0.222. The largest absolute Gasteiger partial charge is 0.348 e. The molecule has 1 fully saturated rings. The van der Waals surface area contributed by atoms with E-state index in [-0.39, 0.29) is 23.5 Å². The number of hydrogen-bond acceptors (Lipinski definition) is 4. The van der Waals surface area contributed by atoms with E-state index in [1.54, 1.807) is 24.3 Å². The van der Waals surface area contributed by atoms with Crippen LogP contribution in [0.2, 0.25) is 5.02 Å². The molecule has 4 rings (SSSR count). The van der Waals surface area contributed by atoms with Crippen LogP contribution in [0.25, 0.3) is 22.2 Å². The lowest BCUT2D eigenvalue weighted by molar-refractivity contribution is 0.0941. The summed E-state index contributed by atoms with van der Waals surface area (Å²) >= 11 is 6.06. The van der Waals surface area contributed by atoms with Crippen molar-refractivity contribution in [2.45, 2.75) is 12.5 Å². The van der Waals surface area contributed by atoms with E-state index in [4.69, 9.17) is 11.6 Å². The van der Waals surface area contributed by atoms with Gasteiger partial charge in [-0.2, -0.15) is 5.10 Å². The molecule has 0 radical (unpaired) electrons. The molecule has 0 aliphatic carbocycles. The molecule has 26 heavy (non-hydrogen) atoms. The predicted octanol–water partition coefficient (Wildman–Crippen LogP) is 2.80. The Balaban J connectivity index is 1.65. The Bertz CT molecular complexity index is 1110. The van der Waals surface area contributed by atoms with Crippen LogP contribution in [0.15, 0.2) is 42.5 Å². The summed E-state index contributed by atoms with van der Waals surface area (Å²) in [4.78, 5) is 12.5. The number of nitrogens with zero attached hydrogens (tertiary/aromatic N) is 1. The van der Waals surface area contributed by atoms with Crippen LogP contribution >= 0.6 is 11.6 Å². The van der Waals surface area contributed by atoms with Crippen molar-refractivity contribution in [1.82, 2.24) is 15.5 Å². The molecule has 0 spiro atoms. The number of carbonyl (C=O) groups excluding carboxylic acids is 1. The molecule has 1 atom stereocenters. The average molecular weight is 390 g/mol. The standard InChI is InChI=1S/C18H16ClN3O3S/c19-13-3-1-2-11(8-13)17-15-9-12(4-5-16(15)21-22-17)18(23)20-14-6-7-26(24,25)10-14/h1-5,8-9,14H,6-7,10H2,(H,20,23)(H,21,22). The van der Waals surface area contributed by atoms with Gasteiger partial charge in [-0.1, -0.05) is 23.7 Å². The summed E-state index contributed by atoms with van der Waals surface area (Å²) < 4.78 is 23.1. The number of benzene rings is 2. The van der Waals surface area contributed by atoms with Crippen LogP contribution in [0.4, 0.5) is 0 Å². The monoisotopic (exact) mass is 389 g/mol. The van der Waals surface area contributed by atoms with Crippen LogP contribution in [0, 0.1) is 0 Å². The van der Waals surface area contributed by atoms with Crippen molar-refractivity contribution in [2.75, 3.05) is 11.5 Å². The highest BCUT2D eigenvalue weighted by Crippen LogP contribution is 2.28. The van der Waals surface area contributed by atoms with Gasteiger partial charge in [-0.3, -0.25) is 9.89 Å². The minimum Gasteiger partial charge on any atom is -0.348 e. The van der Waals surface area contributed by atoms with Gasteiger partial charge in [0, 0.05) is 27.6 Å². The highest BCUT2D eigenvalue weighted by molar-refractivity contribution is 7.91. The molecular weight excluding hydrogens is 374 g/mol. The normalized spacial score (nSPS) is 18.9. The van der Waals surface area contributed by atoms with E-state index in [2.05, 4.69) is 15.5 Å². The lowest BCUT2D eigenvalue weighted by Gasteiger charge is -2.11. The van der Waals surface area contributed by atoms with E-state index >= 15 is 0 Å². The zero-order valence-corrected chi connectivity index (χ0v) is 15.3. The van der Waals surface area contributed by atoms with Crippen molar-refractivity contribution < 1.29 is 13.2 Å². The Hall–Kier alpha value is -2.38. The molecule has 8 heteroatoms. The summed E-state index contributed by atoms with van der Waals surface area (Å²) in [6.45, 7) is 0. The Morgan fingerprint density at radius 2 is 2.08 bits per heavy atom. The first kappa shape index (κ1) is 17.1. The molecule has 2 heterocycles. The van der Waals surface area contributed by atoms with Crippen molar-refractivity contribution >= 4 is 38.2 Å². The van der Waals surface area contributed by atoms with Gasteiger partial charge >= 0.3 is 0 Å². The maximum absolute atomic E-state index is 12.5. The number of rotatable bonds is 3. The summed E-state index contributed by atoms with van der Waals surface area (Å²) in [5.41, 5.74) is 2.83. The zero-order valence-electron chi connectivity index (χ0n) is 13.7. The van der Waals surface area contributed by atoms with Crippen LogP contribution in [0.1, 0.15) is 16.8 Å². The van der Waals surface area contributed by atoms with E-state index in [0.717, 1.165) is 16.5 Å². The fourth-order valence-corrected chi connectivity index (χ4v) is 5.05. The number of nitrogens with one attached hydrogen (secondary N) is 2. The first-order chi connectivity index (χ1) is 12.4. The van der Waals surface area contributed by atoms with Gasteiger partial charge in [-0.15, -0.1) is 0 Å². The highest BCUT2D eigenvalue weighted by atomic mass is 35.5. The van der Waals surface area contributed by atoms with Crippen molar-refractivity contribution in [2.24, 2.45) is 0 Å². The van der Waals surface area contributed by atoms with Gasteiger partial charge in [0.1, 0.15) is 0 Å². The number of fused-ring (bicyclic) bond motifs is 1. The number of halogens is 1. The summed E-state index contributed by atoms with van der Waals surface area (Å²) in [5.74, 6) is -0.162. The minimum absolute atomic E-state index is 0.000455. The molecule has 2 N–H and O–H groups in total. The smallest absolute Gasteiger partial charge is 0.251 e. The molecule has 1 aliphatic rings. The molecule has 2 aromatic carbocycles. The SMILES string of the molecule is O=C(NC1CCS(=O)(=O)C1)c1ccc2[nH]nc(-c3cccc(Cl)c3)c2c1. The van der Waals surface area contributed by atoms with Gasteiger partial charge in [-0.25, -0.2) is 8.42 Å². The quantitative estimate of drug-likeness (QED) is 0.720. The second kappa shape index (κ2) is 6.41. The molecule has 1 aliphatic heterocycles. The van der Waals surface area contributed by atoms with Gasteiger partial charge in [0.2, 0.25) is 0 Å². The van der Waals surface area contributed by atoms with Crippen LogP contribution in [-0.4, -0.2) is 42.1 Å². The Labute approximate surface area is 155 Å². The number of aromatic nitrogens is 2. The topological polar surface area (TPSA) is 91.9 Å². The number of H-pyrrole nitrogens is 1. The number of hydrogen-bond donors (Lipinski definition) is 2. The minimum atomic E-state index is -3.04. The molecule has 1 unspecified atom stereocenters. The maximum atomic E-state index is 12.5. The molecular formula is C18H16ClN3O3S. The second-order valence-electron chi connectivity index (χ2n) is 6.42. The second-order valence-corrected chi connectivity index (χ2v) is 9.08. The number of aromatic amines is 1. The lowest BCUT2D eigenvalue weighted by atomic mass is 10.1. The van der Waals surface area contributed by atoms with E-state index in [9.17, 15) is 13.2 Å². The Kier molecular flexibility index (Phi) is 4.20. The molecule has 0 bridgehead atoms. The molecule has 0 saturated carbocycles. The van der Waals surface area contributed by atoms with E-state index in [1.807, 2.05) is 18.2 Å². The molecule has 1 saturated heterocycles. The van der Waals surface area contributed by atoms with Gasteiger partial charge in [0.25, 0.3) is 5.91 Å². The summed E-state index contributed by atoms with van der Waals surface area (Å²) in [6, 6.07) is 12.3. The van der Waals surface area contributed by atoms with Gasteiger partial charge < -0.3 is 5.32 Å². The first-order valence-corrected chi connectivity index (χ1v) is 10.4. The van der Waals surface area contributed by atoms with Crippen molar-refractivity contribution in [3.05, 3.63) is 53.1 Å². The summed E-state index contributed by atoms with van der Waals surface area (Å²) in [5, 5.41) is 11.5. The van der Waals surface area contributed by atoms with Gasteiger partial charge in [0.05, 0.1) is 22.7 Å². The molecule has 6 nitrogen and oxygen atoms in total. The third-order valence-corrected chi connectivity index (χ3v) is 6.49. The number of carbonyl (C=O) groups is 1. The van der Waals surface area contributed by atoms with Crippen molar-refractivity contribution in [1.29, 1.82) is 0 Å². The third kappa shape index (κ3) is 3.32. The van der Waals surface area contributed by atoms with E-state index < -0.39 is 9.84 Å². The Morgan fingerprint density at radius 3 is 2.81 bits per heavy atom. The molecule has 1 aromatic heterocycles. The van der Waals surface area contributed by atoms with E-state index in [1.165, 1.54) is 0 Å². The van der Waals surface area contributed by atoms with E-state index in [0.29, 0.717) is 22.7 Å². The molecule has 3 aromatic rings. The fourth-order valence-electron chi connectivity index (χ4n) is 3.19. The molecule has 134 valence electrons. The predicted molar refractivity (Wildman–Crippen MR) is 101 cm³/mol. The van der Waals surface area contributed by atoms with Crippen molar-refractivity contribution in [3.63, 3.8) is 0 Å². The number of sulfone groups is 1. The first-order valence-electron chi connectivity index (χ1n) is 8.17. The van der Waals surface area contributed by atoms with Crippen LogP contribution in [0.3, 0.4) is 0 Å². The van der Waals surface area contributed by atoms with Crippen LogP contribution in [0.5, 0.6) is 0 Å². The summed E-state index contributed by atoms with van der Waals surface area (Å²) in [7, 11) is -3.04. The van der Waals surface area contributed by atoms with Gasteiger partial charge in [0.15, 0.2) is 9.84 Å². The van der Waals surface area contributed by atoms with Crippen LogP contribution < -0.4 is 5.32 Å². The lowest BCUT2D eigenvalue weighted by Crippen LogP contribution is -2.35. The summed E-state index contributed by atoms with van der Waals surface area (Å²) in [6.07, 6.45) is 0.454. The highest BCUT2D eigenvalue weighted by Gasteiger charge is 2.29. The van der Waals surface area contributed by atoms with Crippen LogP contribution in [-0.2, 0) is 9.84 Å². The molecule has 1 amide bonds. The van der Waals surface area contributed by atoms with Gasteiger partial charge in [-0.05, 0) is 36.8 Å². The van der Waals surface area contributed by atoms with Crippen molar-refractivity contribution in [3.8, 4) is 11.3 Å². The third-order valence-electron chi connectivity index (χ3n) is 4.49.